The molecule has 0 bridgehead atoms. The second-order valence-electron chi connectivity index (χ2n) is 7.04. The molecule has 5 nitrogen and oxygen atoms in total. The molecule has 0 saturated heterocycles. The number of halogens is 1. The summed E-state index contributed by atoms with van der Waals surface area (Å²) < 4.78 is 2.03. The number of aromatic nitrogens is 2. The maximum Gasteiger partial charge on any atom is 0.237 e. The van der Waals surface area contributed by atoms with Crippen molar-refractivity contribution in [1.82, 2.24) is 14.7 Å². The molecule has 0 aliphatic heterocycles. The first-order valence-electron chi connectivity index (χ1n) is 8.68. The topological polar surface area (TPSA) is 58.4 Å². The lowest BCUT2D eigenvalue weighted by atomic mass is 9.87. The van der Waals surface area contributed by atoms with Crippen LogP contribution in [0, 0.1) is 11.8 Å². The van der Waals surface area contributed by atoms with Gasteiger partial charge in [-0.3, -0.25) is 9.48 Å². The van der Waals surface area contributed by atoms with Gasteiger partial charge in [-0.1, -0.05) is 6.42 Å². The molecule has 2 aliphatic carbocycles. The van der Waals surface area contributed by atoms with Crippen LogP contribution in [-0.4, -0.2) is 44.2 Å². The van der Waals surface area contributed by atoms with E-state index < -0.39 is 0 Å². The smallest absolute Gasteiger partial charge is 0.237 e. The maximum absolute atomic E-state index is 12.2. The molecule has 0 spiro atoms. The van der Waals surface area contributed by atoms with Gasteiger partial charge < -0.3 is 10.0 Å². The lowest BCUT2D eigenvalue weighted by Crippen LogP contribution is -2.38. The average Bonchev–Trinajstić information content (AvgIpc) is 3.25. The molecule has 1 heterocycles. The Kier molecular flexibility index (Phi) is 5.59. The van der Waals surface area contributed by atoms with Gasteiger partial charge in [0.1, 0.15) is 5.88 Å². The standard InChI is InChI=1S/C17H26ClN3O2/c18-9-17(23)20(10-14-2-1-3-16(22)8-14)12-15-6-7-19-21(15)11-13-4-5-13/h6-7,13-14,16,22H,1-5,8-12H2/t14-,16+/m0/s1. The second-order valence-corrected chi connectivity index (χ2v) is 7.31. The lowest BCUT2D eigenvalue weighted by molar-refractivity contribution is -0.130. The minimum Gasteiger partial charge on any atom is -0.393 e. The van der Waals surface area contributed by atoms with E-state index in [0.29, 0.717) is 19.0 Å². The molecule has 23 heavy (non-hydrogen) atoms. The summed E-state index contributed by atoms with van der Waals surface area (Å²) in [4.78, 5) is 14.1. The zero-order chi connectivity index (χ0) is 16.2. The SMILES string of the molecule is O=C(CCl)N(Cc1ccnn1CC1CC1)C[C@H]1CCC[C@@H](O)C1. The van der Waals surface area contributed by atoms with Crippen LogP contribution in [0.1, 0.15) is 44.2 Å². The highest BCUT2D eigenvalue weighted by molar-refractivity contribution is 6.27. The van der Waals surface area contributed by atoms with Gasteiger partial charge in [-0.25, -0.2) is 0 Å². The summed E-state index contributed by atoms with van der Waals surface area (Å²) in [5, 5.41) is 14.3. The molecule has 3 rings (SSSR count). The number of rotatable bonds is 7. The first-order chi connectivity index (χ1) is 11.2. The molecule has 1 aromatic rings. The van der Waals surface area contributed by atoms with E-state index in [0.717, 1.165) is 43.8 Å². The Hall–Kier alpha value is -1.07. The van der Waals surface area contributed by atoms with E-state index in [2.05, 4.69) is 5.10 Å². The van der Waals surface area contributed by atoms with E-state index >= 15 is 0 Å². The largest absolute Gasteiger partial charge is 0.393 e. The molecule has 0 unspecified atom stereocenters. The first-order valence-corrected chi connectivity index (χ1v) is 9.21. The highest BCUT2D eigenvalue weighted by Crippen LogP contribution is 2.31. The van der Waals surface area contributed by atoms with E-state index in [-0.39, 0.29) is 17.9 Å². The summed E-state index contributed by atoms with van der Waals surface area (Å²) >= 11 is 5.80. The van der Waals surface area contributed by atoms with E-state index in [1.165, 1.54) is 12.8 Å². The van der Waals surface area contributed by atoms with Crippen LogP contribution in [0.3, 0.4) is 0 Å². The summed E-state index contributed by atoms with van der Waals surface area (Å²) in [5.41, 5.74) is 1.08. The zero-order valence-corrected chi connectivity index (χ0v) is 14.3. The van der Waals surface area contributed by atoms with Crippen LogP contribution >= 0.6 is 11.6 Å². The third-order valence-corrected chi connectivity index (χ3v) is 5.21. The number of nitrogens with zero attached hydrogens (tertiary/aromatic N) is 3. The number of carbonyl (C=O) groups is 1. The Morgan fingerprint density at radius 3 is 2.87 bits per heavy atom. The van der Waals surface area contributed by atoms with Crippen molar-refractivity contribution in [2.45, 2.75) is 57.7 Å². The van der Waals surface area contributed by atoms with Crippen LogP contribution in [0.4, 0.5) is 0 Å². The zero-order valence-electron chi connectivity index (χ0n) is 13.5. The number of alkyl halides is 1. The maximum atomic E-state index is 12.2. The van der Waals surface area contributed by atoms with E-state index in [1.807, 2.05) is 21.8 Å². The molecule has 128 valence electrons. The average molecular weight is 340 g/mol. The van der Waals surface area contributed by atoms with Crippen molar-refractivity contribution in [3.05, 3.63) is 18.0 Å². The molecule has 6 heteroatoms. The van der Waals surface area contributed by atoms with Gasteiger partial charge in [-0.15, -0.1) is 11.6 Å². The van der Waals surface area contributed by atoms with Gasteiger partial charge in [0, 0.05) is 19.3 Å². The van der Waals surface area contributed by atoms with E-state index in [4.69, 9.17) is 11.6 Å². The van der Waals surface area contributed by atoms with Crippen LogP contribution in [0.5, 0.6) is 0 Å². The van der Waals surface area contributed by atoms with Gasteiger partial charge in [0.2, 0.25) is 5.91 Å². The van der Waals surface area contributed by atoms with Gasteiger partial charge in [0.25, 0.3) is 0 Å². The number of hydrogen-bond acceptors (Lipinski definition) is 3. The third kappa shape index (κ3) is 4.70. The lowest BCUT2D eigenvalue weighted by Gasteiger charge is -2.31. The Morgan fingerprint density at radius 2 is 2.17 bits per heavy atom. The van der Waals surface area contributed by atoms with Crippen molar-refractivity contribution in [3.8, 4) is 0 Å². The molecule has 2 saturated carbocycles. The van der Waals surface area contributed by atoms with Gasteiger partial charge in [0.05, 0.1) is 18.3 Å². The molecule has 2 fully saturated rings. The Bertz CT molecular complexity index is 530. The Morgan fingerprint density at radius 1 is 1.35 bits per heavy atom. The van der Waals surface area contributed by atoms with Crippen molar-refractivity contribution in [3.63, 3.8) is 0 Å². The van der Waals surface area contributed by atoms with Gasteiger partial charge >= 0.3 is 0 Å². The number of aliphatic hydroxyl groups is 1. The summed E-state index contributed by atoms with van der Waals surface area (Å²) in [5.74, 6) is 1.09. The van der Waals surface area contributed by atoms with E-state index in [9.17, 15) is 9.90 Å². The molecule has 1 N–H and O–H groups in total. The number of carbonyl (C=O) groups excluding carboxylic acids is 1. The van der Waals surface area contributed by atoms with Crippen molar-refractivity contribution in [1.29, 1.82) is 0 Å². The molecule has 0 radical (unpaired) electrons. The third-order valence-electron chi connectivity index (χ3n) is 4.99. The molecule has 2 atom stereocenters. The highest BCUT2D eigenvalue weighted by Gasteiger charge is 2.26. The monoisotopic (exact) mass is 339 g/mol. The fourth-order valence-electron chi connectivity index (χ4n) is 3.48. The van der Waals surface area contributed by atoms with Crippen molar-refractivity contribution in [2.24, 2.45) is 11.8 Å². The predicted molar refractivity (Wildman–Crippen MR) is 89.1 cm³/mol. The molecular formula is C17H26ClN3O2. The second kappa shape index (κ2) is 7.67. The quantitative estimate of drug-likeness (QED) is 0.776. The minimum atomic E-state index is -0.220. The van der Waals surface area contributed by atoms with Crippen LogP contribution in [0.25, 0.3) is 0 Å². The predicted octanol–water partition coefficient (Wildman–Crippen LogP) is 2.41. The van der Waals surface area contributed by atoms with Gasteiger partial charge in [-0.05, 0) is 50.0 Å². The molecule has 0 aromatic carbocycles. The summed E-state index contributed by atoms with van der Waals surface area (Å²) in [6, 6.07) is 1.99. The van der Waals surface area contributed by atoms with Crippen molar-refractivity contribution in [2.75, 3.05) is 12.4 Å². The Balaban J connectivity index is 1.64. The number of hydrogen-bond donors (Lipinski definition) is 1. The molecule has 2 aliphatic rings. The number of amides is 1. The van der Waals surface area contributed by atoms with Crippen LogP contribution in [0.2, 0.25) is 0 Å². The Labute approximate surface area is 142 Å². The minimum absolute atomic E-state index is 0.00599. The van der Waals surface area contributed by atoms with Crippen LogP contribution < -0.4 is 0 Å². The molecular weight excluding hydrogens is 314 g/mol. The summed E-state index contributed by atoms with van der Waals surface area (Å²) in [6.45, 7) is 2.19. The highest BCUT2D eigenvalue weighted by atomic mass is 35.5. The first kappa shape index (κ1) is 16.8. The number of aliphatic hydroxyl groups excluding tert-OH is 1. The molecule has 1 amide bonds. The van der Waals surface area contributed by atoms with Gasteiger partial charge in [0.15, 0.2) is 0 Å². The van der Waals surface area contributed by atoms with Crippen LogP contribution in [0.15, 0.2) is 12.3 Å². The fourth-order valence-corrected chi connectivity index (χ4v) is 3.65. The molecule has 1 aromatic heterocycles. The summed E-state index contributed by atoms with van der Waals surface area (Å²) in [7, 11) is 0. The van der Waals surface area contributed by atoms with Crippen molar-refractivity contribution >= 4 is 17.5 Å². The van der Waals surface area contributed by atoms with Crippen LogP contribution in [-0.2, 0) is 17.9 Å². The normalized spacial score (nSPS) is 24.6. The van der Waals surface area contributed by atoms with E-state index in [1.54, 1.807) is 0 Å². The fraction of sp³-hybridized carbons (Fsp3) is 0.765. The van der Waals surface area contributed by atoms with Crippen molar-refractivity contribution < 1.29 is 9.90 Å². The van der Waals surface area contributed by atoms with Gasteiger partial charge in [-0.2, -0.15) is 5.10 Å². The summed E-state index contributed by atoms with van der Waals surface area (Å²) in [6.07, 6.45) is 7.93.